The minimum Gasteiger partial charge on any atom is -0.394 e. The lowest BCUT2D eigenvalue weighted by molar-refractivity contribution is 0.0406. The third kappa shape index (κ3) is 2.08. The molecule has 114 valence electrons. The van der Waals surface area contributed by atoms with E-state index in [4.69, 9.17) is 0 Å². The van der Waals surface area contributed by atoms with Crippen molar-refractivity contribution in [3.05, 3.63) is 45.9 Å². The van der Waals surface area contributed by atoms with Crippen LogP contribution in [0.5, 0.6) is 0 Å². The molecule has 0 aromatic heterocycles. The van der Waals surface area contributed by atoms with E-state index >= 15 is 0 Å². The fourth-order valence-electron chi connectivity index (χ4n) is 2.97. The Hall–Kier alpha value is -1.72. The van der Waals surface area contributed by atoms with Gasteiger partial charge in [0, 0.05) is 21.0 Å². The number of carbonyl (C=O) groups is 2. The summed E-state index contributed by atoms with van der Waals surface area (Å²) in [5.41, 5.74) is 1.01. The summed E-state index contributed by atoms with van der Waals surface area (Å²) in [7, 11) is 0. The van der Waals surface area contributed by atoms with Crippen molar-refractivity contribution in [3.8, 4) is 0 Å². The van der Waals surface area contributed by atoms with E-state index in [-0.39, 0.29) is 24.3 Å². The molecule has 3 rings (SSSR count). The number of aliphatic hydroxyl groups is 1. The molecule has 1 unspecified atom stereocenters. The Kier molecular flexibility index (Phi) is 3.78. The van der Waals surface area contributed by atoms with E-state index in [1.165, 1.54) is 4.90 Å². The molecule has 1 atom stereocenters. The summed E-state index contributed by atoms with van der Waals surface area (Å²) in [6, 6.07) is 8.44. The normalized spacial score (nSPS) is 15.8. The van der Waals surface area contributed by atoms with E-state index in [2.05, 4.69) is 15.9 Å². The van der Waals surface area contributed by atoms with Crippen molar-refractivity contribution in [2.24, 2.45) is 5.92 Å². The summed E-state index contributed by atoms with van der Waals surface area (Å²) >= 11 is 3.46. The Labute approximate surface area is 136 Å². The zero-order chi connectivity index (χ0) is 16.0. The monoisotopic (exact) mass is 361 g/mol. The molecule has 4 nitrogen and oxygen atoms in total. The standard InChI is InChI=1S/C17H16BrNO3/c1-9(2)14(8-20)19-16(21)11-5-3-4-10-13(18)7-6-12(15(10)11)17(19)22/h3-7,9,14,20H,8H2,1-2H3. The molecule has 5 heteroatoms. The molecule has 22 heavy (non-hydrogen) atoms. The zero-order valence-corrected chi connectivity index (χ0v) is 13.9. The number of rotatable bonds is 3. The fourth-order valence-corrected chi connectivity index (χ4v) is 3.43. The first-order chi connectivity index (χ1) is 10.5. The summed E-state index contributed by atoms with van der Waals surface area (Å²) in [4.78, 5) is 26.8. The van der Waals surface area contributed by atoms with Crippen molar-refractivity contribution < 1.29 is 14.7 Å². The zero-order valence-electron chi connectivity index (χ0n) is 12.3. The minimum atomic E-state index is -0.521. The van der Waals surface area contributed by atoms with E-state index in [0.717, 1.165) is 9.86 Å². The maximum absolute atomic E-state index is 12.8. The van der Waals surface area contributed by atoms with Gasteiger partial charge in [0.1, 0.15) is 0 Å². The third-order valence-electron chi connectivity index (χ3n) is 4.17. The molecular weight excluding hydrogens is 346 g/mol. The number of aliphatic hydroxyl groups excluding tert-OH is 1. The van der Waals surface area contributed by atoms with Crippen molar-refractivity contribution >= 4 is 38.5 Å². The largest absolute Gasteiger partial charge is 0.394 e. The Morgan fingerprint density at radius 3 is 2.32 bits per heavy atom. The number of nitrogens with zero attached hydrogens (tertiary/aromatic N) is 1. The van der Waals surface area contributed by atoms with Crippen LogP contribution in [0.4, 0.5) is 0 Å². The molecule has 2 aromatic carbocycles. The van der Waals surface area contributed by atoms with Crippen molar-refractivity contribution in [2.75, 3.05) is 6.61 Å². The van der Waals surface area contributed by atoms with Crippen LogP contribution in [-0.4, -0.2) is 34.5 Å². The Balaban J connectivity index is 2.27. The Morgan fingerprint density at radius 2 is 1.73 bits per heavy atom. The quantitative estimate of drug-likeness (QED) is 0.853. The van der Waals surface area contributed by atoms with Crippen LogP contribution in [-0.2, 0) is 0 Å². The number of imide groups is 1. The maximum atomic E-state index is 12.8. The van der Waals surface area contributed by atoms with E-state index < -0.39 is 6.04 Å². The lowest BCUT2D eigenvalue weighted by Gasteiger charge is -2.35. The first-order valence-corrected chi connectivity index (χ1v) is 7.96. The van der Waals surface area contributed by atoms with E-state index in [1.807, 2.05) is 26.0 Å². The molecule has 1 heterocycles. The van der Waals surface area contributed by atoms with Gasteiger partial charge in [0.15, 0.2) is 0 Å². The lowest BCUT2D eigenvalue weighted by Crippen LogP contribution is -2.50. The predicted molar refractivity (Wildman–Crippen MR) is 87.9 cm³/mol. The summed E-state index contributed by atoms with van der Waals surface area (Å²) in [5, 5.41) is 11.1. The van der Waals surface area contributed by atoms with Crippen LogP contribution in [0.1, 0.15) is 34.6 Å². The number of amides is 2. The molecule has 2 aromatic rings. The van der Waals surface area contributed by atoms with Gasteiger partial charge in [-0.15, -0.1) is 0 Å². The highest BCUT2D eigenvalue weighted by molar-refractivity contribution is 9.10. The fraction of sp³-hybridized carbons (Fsp3) is 0.294. The minimum absolute atomic E-state index is 0.0194. The summed E-state index contributed by atoms with van der Waals surface area (Å²) in [6.45, 7) is 3.54. The van der Waals surface area contributed by atoms with Crippen LogP contribution >= 0.6 is 15.9 Å². The number of benzene rings is 2. The molecule has 0 bridgehead atoms. The molecule has 1 N–H and O–H groups in total. The van der Waals surface area contributed by atoms with E-state index in [0.29, 0.717) is 16.5 Å². The van der Waals surface area contributed by atoms with Crippen LogP contribution < -0.4 is 0 Å². The second-order valence-corrected chi connectivity index (χ2v) is 6.65. The van der Waals surface area contributed by atoms with Gasteiger partial charge in [0.2, 0.25) is 0 Å². The van der Waals surface area contributed by atoms with Crippen molar-refractivity contribution in [1.82, 2.24) is 4.90 Å². The summed E-state index contributed by atoms with van der Waals surface area (Å²) in [5.74, 6) is -0.697. The van der Waals surface area contributed by atoms with Gasteiger partial charge < -0.3 is 5.11 Å². The van der Waals surface area contributed by atoms with Gasteiger partial charge in [0.25, 0.3) is 11.8 Å². The highest BCUT2D eigenvalue weighted by Gasteiger charge is 2.38. The first-order valence-electron chi connectivity index (χ1n) is 7.17. The average molecular weight is 362 g/mol. The molecule has 0 radical (unpaired) electrons. The van der Waals surface area contributed by atoms with Crippen LogP contribution in [0.15, 0.2) is 34.8 Å². The molecule has 0 aliphatic carbocycles. The Morgan fingerprint density at radius 1 is 1.09 bits per heavy atom. The highest BCUT2D eigenvalue weighted by Crippen LogP contribution is 2.35. The molecule has 0 fully saturated rings. The number of carbonyl (C=O) groups excluding carboxylic acids is 2. The van der Waals surface area contributed by atoms with Gasteiger partial charge in [-0.3, -0.25) is 14.5 Å². The van der Waals surface area contributed by atoms with Crippen LogP contribution in [0, 0.1) is 5.92 Å². The second kappa shape index (κ2) is 5.48. The van der Waals surface area contributed by atoms with Gasteiger partial charge in [-0.05, 0) is 29.5 Å². The topological polar surface area (TPSA) is 57.6 Å². The van der Waals surface area contributed by atoms with Crippen LogP contribution in [0.3, 0.4) is 0 Å². The molecule has 0 spiro atoms. The summed E-state index contributed by atoms with van der Waals surface area (Å²) < 4.78 is 0.852. The van der Waals surface area contributed by atoms with E-state index in [9.17, 15) is 14.7 Å². The van der Waals surface area contributed by atoms with Crippen molar-refractivity contribution in [2.45, 2.75) is 19.9 Å². The predicted octanol–water partition coefficient (Wildman–Crippen LogP) is 3.22. The van der Waals surface area contributed by atoms with Crippen molar-refractivity contribution in [3.63, 3.8) is 0 Å². The summed E-state index contributed by atoms with van der Waals surface area (Å²) in [6.07, 6.45) is 0. The SMILES string of the molecule is CC(C)C(CO)N1C(=O)c2cccc3c(Br)ccc(c23)C1=O. The van der Waals surface area contributed by atoms with Crippen LogP contribution in [0.2, 0.25) is 0 Å². The number of hydrogen-bond donors (Lipinski definition) is 1. The Bertz CT molecular complexity index is 763. The van der Waals surface area contributed by atoms with Gasteiger partial charge in [-0.1, -0.05) is 41.9 Å². The molecule has 1 aliphatic heterocycles. The van der Waals surface area contributed by atoms with Crippen LogP contribution in [0.25, 0.3) is 10.8 Å². The van der Waals surface area contributed by atoms with Gasteiger partial charge in [0.05, 0.1) is 12.6 Å². The molecule has 2 amide bonds. The molecule has 0 saturated heterocycles. The highest BCUT2D eigenvalue weighted by atomic mass is 79.9. The smallest absolute Gasteiger partial charge is 0.261 e. The molecular formula is C17H16BrNO3. The third-order valence-corrected chi connectivity index (χ3v) is 4.87. The van der Waals surface area contributed by atoms with Crippen molar-refractivity contribution in [1.29, 1.82) is 0 Å². The van der Waals surface area contributed by atoms with E-state index in [1.54, 1.807) is 18.2 Å². The van der Waals surface area contributed by atoms with Gasteiger partial charge >= 0.3 is 0 Å². The van der Waals surface area contributed by atoms with Gasteiger partial charge in [-0.2, -0.15) is 0 Å². The number of hydrogen-bond acceptors (Lipinski definition) is 3. The first kappa shape index (κ1) is 15.2. The maximum Gasteiger partial charge on any atom is 0.261 e. The average Bonchev–Trinajstić information content (AvgIpc) is 2.50. The lowest BCUT2D eigenvalue weighted by atomic mass is 9.91. The molecule has 0 saturated carbocycles. The molecule has 1 aliphatic rings. The van der Waals surface area contributed by atoms with Gasteiger partial charge in [-0.25, -0.2) is 0 Å². The number of halogens is 1. The second-order valence-electron chi connectivity index (χ2n) is 5.80.